The van der Waals surface area contributed by atoms with Gasteiger partial charge in [-0.2, -0.15) is 13.2 Å². The first-order valence-electron chi connectivity index (χ1n) is 5.55. The molecule has 0 aliphatic carbocycles. The van der Waals surface area contributed by atoms with Crippen molar-refractivity contribution in [3.63, 3.8) is 0 Å². The molecule has 1 heterocycles. The predicted octanol–water partition coefficient (Wildman–Crippen LogP) is 2.73. The molecule has 0 unspecified atom stereocenters. The number of alkyl halides is 3. The van der Waals surface area contributed by atoms with E-state index in [2.05, 4.69) is 9.97 Å². The van der Waals surface area contributed by atoms with Crippen LogP contribution in [-0.4, -0.2) is 16.1 Å². The Morgan fingerprint density at radius 3 is 2.58 bits per heavy atom. The minimum absolute atomic E-state index is 0.0325. The van der Waals surface area contributed by atoms with Crippen molar-refractivity contribution < 1.29 is 17.9 Å². The third-order valence-corrected chi connectivity index (χ3v) is 2.31. The maximum Gasteiger partial charge on any atom is 0.438 e. The third-order valence-electron chi connectivity index (χ3n) is 2.31. The molecule has 1 aromatic carbocycles. The lowest BCUT2D eigenvalue weighted by Gasteiger charge is -2.10. The molecule has 0 atom stereocenters. The van der Waals surface area contributed by atoms with Crippen LogP contribution in [0.3, 0.4) is 0 Å². The van der Waals surface area contributed by atoms with Gasteiger partial charge in [0.15, 0.2) is 0 Å². The summed E-state index contributed by atoms with van der Waals surface area (Å²) in [6.07, 6.45) is -4.89. The van der Waals surface area contributed by atoms with Crippen molar-refractivity contribution in [1.82, 2.24) is 9.97 Å². The molecule has 0 bridgehead atoms. The van der Waals surface area contributed by atoms with Crippen LogP contribution in [0.25, 0.3) is 11.0 Å². The smallest absolute Gasteiger partial charge is 0.438 e. The molecule has 7 heteroatoms. The maximum absolute atomic E-state index is 12.6. The predicted molar refractivity (Wildman–Crippen MR) is 63.1 cm³/mol. The highest BCUT2D eigenvalue weighted by molar-refractivity contribution is 5.75. The van der Waals surface area contributed by atoms with Gasteiger partial charge < -0.3 is 9.72 Å². The average molecular weight is 272 g/mol. The van der Waals surface area contributed by atoms with Gasteiger partial charge in [-0.05, 0) is 26.0 Å². The summed E-state index contributed by atoms with van der Waals surface area (Å²) >= 11 is 0. The number of nitrogens with zero attached hydrogens (tertiary/aromatic N) is 1. The molecule has 2 aromatic rings. The number of rotatable bonds is 2. The molecule has 0 saturated carbocycles. The van der Waals surface area contributed by atoms with E-state index in [4.69, 9.17) is 4.74 Å². The monoisotopic (exact) mass is 272 g/mol. The fraction of sp³-hybridized carbons (Fsp3) is 0.333. The molecule has 1 N–H and O–H groups in total. The zero-order chi connectivity index (χ0) is 14.2. The maximum atomic E-state index is 12.6. The molecule has 102 valence electrons. The summed E-state index contributed by atoms with van der Waals surface area (Å²) in [6.45, 7) is 3.59. The highest BCUT2D eigenvalue weighted by Crippen LogP contribution is 2.26. The molecule has 0 radical (unpaired) electrons. The van der Waals surface area contributed by atoms with E-state index in [1.165, 1.54) is 12.1 Å². The lowest BCUT2D eigenvalue weighted by molar-refractivity contribution is -0.142. The number of benzene rings is 1. The van der Waals surface area contributed by atoms with Crippen LogP contribution in [0.1, 0.15) is 19.5 Å². The van der Waals surface area contributed by atoms with E-state index in [-0.39, 0.29) is 17.1 Å². The third kappa shape index (κ3) is 2.86. The second-order valence-electron chi connectivity index (χ2n) is 4.26. The number of ether oxygens (including phenoxy) is 1. The first-order valence-corrected chi connectivity index (χ1v) is 5.55. The fourth-order valence-electron chi connectivity index (χ4n) is 1.60. The Labute approximate surface area is 106 Å². The molecular formula is C12H11F3N2O2. The van der Waals surface area contributed by atoms with Crippen LogP contribution < -0.4 is 10.3 Å². The Morgan fingerprint density at radius 1 is 1.32 bits per heavy atom. The number of halogens is 3. The van der Waals surface area contributed by atoms with Gasteiger partial charge in [0, 0.05) is 6.07 Å². The molecule has 0 aliphatic heterocycles. The molecule has 1 aromatic heterocycles. The van der Waals surface area contributed by atoms with Crippen molar-refractivity contribution in [2.24, 2.45) is 0 Å². The number of aromatic amines is 1. The number of nitrogens with one attached hydrogen (secondary N) is 1. The van der Waals surface area contributed by atoms with Crippen molar-refractivity contribution in [2.45, 2.75) is 26.1 Å². The van der Waals surface area contributed by atoms with Crippen LogP contribution in [0, 0.1) is 0 Å². The number of hydrogen-bond donors (Lipinski definition) is 1. The Morgan fingerprint density at radius 2 is 2.00 bits per heavy atom. The van der Waals surface area contributed by atoms with E-state index < -0.39 is 17.4 Å². The van der Waals surface area contributed by atoms with Gasteiger partial charge in [0.2, 0.25) is 5.69 Å². The molecule has 0 saturated heterocycles. The van der Waals surface area contributed by atoms with Crippen LogP contribution in [-0.2, 0) is 6.18 Å². The summed E-state index contributed by atoms with van der Waals surface area (Å²) in [5.41, 5.74) is -2.45. The van der Waals surface area contributed by atoms with E-state index in [0.29, 0.717) is 5.75 Å². The zero-order valence-electron chi connectivity index (χ0n) is 10.2. The van der Waals surface area contributed by atoms with Crippen LogP contribution >= 0.6 is 0 Å². The fourth-order valence-corrected chi connectivity index (χ4v) is 1.60. The molecule has 4 nitrogen and oxygen atoms in total. The minimum atomic E-state index is -4.78. The first kappa shape index (κ1) is 13.4. The topological polar surface area (TPSA) is 55.0 Å². The molecule has 0 fully saturated rings. The summed E-state index contributed by atoms with van der Waals surface area (Å²) < 4.78 is 43.1. The van der Waals surface area contributed by atoms with Gasteiger partial charge in [0.25, 0.3) is 5.56 Å². The van der Waals surface area contributed by atoms with Gasteiger partial charge in [0.1, 0.15) is 5.75 Å². The van der Waals surface area contributed by atoms with E-state index >= 15 is 0 Å². The second-order valence-corrected chi connectivity index (χ2v) is 4.26. The molecule has 0 aliphatic rings. The molecule has 0 amide bonds. The van der Waals surface area contributed by atoms with Crippen molar-refractivity contribution in [2.75, 3.05) is 0 Å². The average Bonchev–Trinajstić information content (AvgIpc) is 2.26. The number of hydrogen-bond acceptors (Lipinski definition) is 3. The van der Waals surface area contributed by atoms with E-state index in [0.717, 1.165) is 0 Å². The summed E-state index contributed by atoms with van der Waals surface area (Å²) in [4.78, 5) is 16.8. The first-order chi connectivity index (χ1) is 8.77. The van der Waals surface area contributed by atoms with Gasteiger partial charge in [-0.25, -0.2) is 4.98 Å². The highest BCUT2D eigenvalue weighted by atomic mass is 19.4. The molecule has 19 heavy (non-hydrogen) atoms. The zero-order valence-corrected chi connectivity index (χ0v) is 10.2. The van der Waals surface area contributed by atoms with Crippen molar-refractivity contribution in [1.29, 1.82) is 0 Å². The van der Waals surface area contributed by atoms with Crippen molar-refractivity contribution in [3.8, 4) is 5.75 Å². The highest BCUT2D eigenvalue weighted by Gasteiger charge is 2.36. The van der Waals surface area contributed by atoms with Crippen molar-refractivity contribution >= 4 is 11.0 Å². The van der Waals surface area contributed by atoms with E-state index in [1.807, 2.05) is 0 Å². The van der Waals surface area contributed by atoms with Crippen LogP contribution in [0.5, 0.6) is 5.75 Å². The molecule has 0 spiro atoms. The number of H-pyrrole nitrogens is 1. The summed E-state index contributed by atoms with van der Waals surface area (Å²) in [7, 11) is 0. The van der Waals surface area contributed by atoms with Crippen LogP contribution in [0.4, 0.5) is 13.2 Å². The normalized spacial score (nSPS) is 12.1. The SMILES string of the molecule is CC(C)Oc1ccc2[nH]c(=O)c(C(F)(F)F)nc2c1. The summed E-state index contributed by atoms with van der Waals surface area (Å²) in [5, 5.41) is 0. The summed E-state index contributed by atoms with van der Waals surface area (Å²) in [5.74, 6) is 0.398. The Hall–Kier alpha value is -2.05. The quantitative estimate of drug-likeness (QED) is 0.914. The Balaban J connectivity index is 2.58. The van der Waals surface area contributed by atoms with E-state index in [1.54, 1.807) is 19.9 Å². The van der Waals surface area contributed by atoms with Gasteiger partial charge >= 0.3 is 6.18 Å². The van der Waals surface area contributed by atoms with Gasteiger partial charge in [0.05, 0.1) is 17.1 Å². The van der Waals surface area contributed by atoms with Gasteiger partial charge in [-0.15, -0.1) is 0 Å². The minimum Gasteiger partial charge on any atom is -0.491 e. The second kappa shape index (κ2) is 4.56. The van der Waals surface area contributed by atoms with Crippen molar-refractivity contribution in [3.05, 3.63) is 34.2 Å². The molecular weight excluding hydrogens is 261 g/mol. The lowest BCUT2D eigenvalue weighted by atomic mass is 10.2. The largest absolute Gasteiger partial charge is 0.491 e. The van der Waals surface area contributed by atoms with Crippen LogP contribution in [0.2, 0.25) is 0 Å². The number of fused-ring (bicyclic) bond motifs is 1. The van der Waals surface area contributed by atoms with E-state index in [9.17, 15) is 18.0 Å². The number of aromatic nitrogens is 2. The Bertz CT molecular complexity index is 662. The lowest BCUT2D eigenvalue weighted by Crippen LogP contribution is -2.23. The standard InChI is InChI=1S/C12H11F3N2O2/c1-6(2)19-7-3-4-8-9(5-7)16-10(11(18)17-8)12(13,14)15/h3-6H,1-2H3,(H,17,18). The summed E-state index contributed by atoms with van der Waals surface area (Å²) in [6, 6.07) is 4.38. The van der Waals surface area contributed by atoms with Gasteiger partial charge in [-0.3, -0.25) is 4.79 Å². The Kier molecular flexibility index (Phi) is 3.21. The molecule has 2 rings (SSSR count). The van der Waals surface area contributed by atoms with Gasteiger partial charge in [-0.1, -0.05) is 0 Å². The van der Waals surface area contributed by atoms with Crippen LogP contribution in [0.15, 0.2) is 23.0 Å².